The first-order valence-electron chi connectivity index (χ1n) is 7.93. The number of para-hydroxylation sites is 2. The number of nitrogens with zero attached hydrogens (tertiary/aromatic N) is 2. The van der Waals surface area contributed by atoms with Gasteiger partial charge in [-0.05, 0) is 55.7 Å². The first-order valence-corrected chi connectivity index (χ1v) is 8.75. The highest BCUT2D eigenvalue weighted by molar-refractivity contribution is 7.15. The molecule has 3 rings (SSSR count). The fourth-order valence-electron chi connectivity index (χ4n) is 2.49. The van der Waals surface area contributed by atoms with E-state index in [4.69, 9.17) is 0 Å². The highest BCUT2D eigenvalue weighted by atomic mass is 32.1. The minimum absolute atomic E-state index is 1.01. The Morgan fingerprint density at radius 2 is 1.25 bits per heavy atom. The SMILES string of the molecule is Cc1ccccc1N=Cc1ccc(C=Nc2c(C)cccc2C)s1. The largest absolute Gasteiger partial charge is 0.255 e. The Morgan fingerprint density at radius 1 is 0.667 bits per heavy atom. The van der Waals surface area contributed by atoms with Gasteiger partial charge in [0.25, 0.3) is 0 Å². The van der Waals surface area contributed by atoms with Crippen LogP contribution in [0.5, 0.6) is 0 Å². The Hall–Kier alpha value is -2.52. The van der Waals surface area contributed by atoms with Gasteiger partial charge in [-0.2, -0.15) is 0 Å². The summed E-state index contributed by atoms with van der Waals surface area (Å²) in [6, 6.07) is 18.6. The van der Waals surface area contributed by atoms with Crippen LogP contribution in [0.15, 0.2) is 64.6 Å². The van der Waals surface area contributed by atoms with Crippen molar-refractivity contribution in [2.45, 2.75) is 20.8 Å². The van der Waals surface area contributed by atoms with Crippen molar-refractivity contribution in [2.75, 3.05) is 0 Å². The molecule has 0 atom stereocenters. The molecule has 0 amide bonds. The third kappa shape index (κ3) is 3.87. The van der Waals surface area contributed by atoms with Crippen LogP contribution >= 0.6 is 11.3 Å². The Kier molecular flexibility index (Phi) is 5.02. The van der Waals surface area contributed by atoms with Gasteiger partial charge in [0.05, 0.1) is 11.4 Å². The van der Waals surface area contributed by atoms with Crippen molar-refractivity contribution < 1.29 is 0 Å². The zero-order valence-electron chi connectivity index (χ0n) is 14.2. The van der Waals surface area contributed by atoms with E-state index in [9.17, 15) is 0 Å². The average Bonchev–Trinajstić information content (AvgIpc) is 3.01. The number of aryl methyl sites for hydroxylation is 3. The fraction of sp³-hybridized carbons (Fsp3) is 0.143. The second-order valence-electron chi connectivity index (χ2n) is 5.78. The Morgan fingerprint density at radius 3 is 1.92 bits per heavy atom. The molecule has 3 heteroatoms. The molecule has 0 fully saturated rings. The third-order valence-corrected chi connectivity index (χ3v) is 4.81. The lowest BCUT2D eigenvalue weighted by Gasteiger charge is -2.02. The Balaban J connectivity index is 1.77. The van der Waals surface area contributed by atoms with E-state index in [0.717, 1.165) is 21.1 Å². The Bertz CT molecular complexity index is 883. The predicted molar refractivity (Wildman–Crippen MR) is 106 cm³/mol. The second kappa shape index (κ2) is 7.37. The van der Waals surface area contributed by atoms with Crippen LogP contribution in [0.1, 0.15) is 26.4 Å². The predicted octanol–water partition coefficient (Wildman–Crippen LogP) is 6.17. The van der Waals surface area contributed by atoms with Crippen molar-refractivity contribution >= 4 is 35.1 Å². The van der Waals surface area contributed by atoms with E-state index in [1.54, 1.807) is 11.3 Å². The standard InChI is InChI=1S/C21H20N2S/c1-15-7-4-5-10-20(15)22-13-18-11-12-19(24-18)14-23-21-16(2)8-6-9-17(21)3/h4-14H,1-3H3. The molecule has 0 aliphatic rings. The monoisotopic (exact) mass is 332 g/mol. The van der Waals surface area contributed by atoms with Crippen LogP contribution in [0.25, 0.3) is 0 Å². The molecule has 0 unspecified atom stereocenters. The summed E-state index contributed by atoms with van der Waals surface area (Å²) in [5.74, 6) is 0. The summed E-state index contributed by atoms with van der Waals surface area (Å²) in [5, 5.41) is 0. The van der Waals surface area contributed by atoms with Gasteiger partial charge in [0.1, 0.15) is 0 Å². The maximum Gasteiger partial charge on any atom is 0.0688 e. The third-order valence-electron chi connectivity index (χ3n) is 3.85. The van der Waals surface area contributed by atoms with E-state index in [1.165, 1.54) is 16.7 Å². The molecular formula is C21H20N2S. The highest BCUT2D eigenvalue weighted by Gasteiger charge is 2.00. The van der Waals surface area contributed by atoms with Gasteiger partial charge < -0.3 is 0 Å². The molecule has 24 heavy (non-hydrogen) atoms. The molecule has 0 bridgehead atoms. The molecule has 120 valence electrons. The van der Waals surface area contributed by atoms with Gasteiger partial charge in [-0.1, -0.05) is 36.4 Å². The number of hydrogen-bond donors (Lipinski definition) is 0. The second-order valence-corrected chi connectivity index (χ2v) is 6.93. The van der Waals surface area contributed by atoms with E-state index in [1.807, 2.05) is 30.6 Å². The molecule has 2 aromatic carbocycles. The van der Waals surface area contributed by atoms with Gasteiger partial charge in [-0.15, -0.1) is 11.3 Å². The average molecular weight is 332 g/mol. The molecule has 0 spiro atoms. The smallest absolute Gasteiger partial charge is 0.0688 e. The number of aliphatic imine (C=N–C) groups is 2. The summed E-state index contributed by atoms with van der Waals surface area (Å²) in [7, 11) is 0. The van der Waals surface area contributed by atoms with Gasteiger partial charge in [0.2, 0.25) is 0 Å². The van der Waals surface area contributed by atoms with Crippen LogP contribution in [0.2, 0.25) is 0 Å². The molecule has 1 heterocycles. The summed E-state index contributed by atoms with van der Waals surface area (Å²) in [6.45, 7) is 6.26. The van der Waals surface area contributed by atoms with E-state index in [0.29, 0.717) is 0 Å². The lowest BCUT2D eigenvalue weighted by Crippen LogP contribution is -1.80. The van der Waals surface area contributed by atoms with Crippen LogP contribution in [-0.2, 0) is 0 Å². The highest BCUT2D eigenvalue weighted by Crippen LogP contribution is 2.24. The maximum atomic E-state index is 4.66. The van der Waals surface area contributed by atoms with Gasteiger partial charge in [0, 0.05) is 22.2 Å². The fourth-order valence-corrected chi connectivity index (χ4v) is 3.24. The number of hydrogen-bond acceptors (Lipinski definition) is 3. The van der Waals surface area contributed by atoms with Crippen molar-refractivity contribution in [3.8, 4) is 0 Å². The van der Waals surface area contributed by atoms with Crippen molar-refractivity contribution in [2.24, 2.45) is 9.98 Å². The van der Waals surface area contributed by atoms with Crippen LogP contribution in [0.4, 0.5) is 11.4 Å². The number of thiophene rings is 1. The quantitative estimate of drug-likeness (QED) is 0.510. The minimum atomic E-state index is 1.01. The normalized spacial score (nSPS) is 11.6. The molecule has 0 N–H and O–H groups in total. The minimum Gasteiger partial charge on any atom is -0.255 e. The van der Waals surface area contributed by atoms with Crippen LogP contribution < -0.4 is 0 Å². The van der Waals surface area contributed by atoms with Gasteiger partial charge in [-0.25, -0.2) is 0 Å². The molecular weight excluding hydrogens is 312 g/mol. The first-order chi connectivity index (χ1) is 11.6. The lowest BCUT2D eigenvalue weighted by molar-refractivity contribution is 1.33. The van der Waals surface area contributed by atoms with Crippen molar-refractivity contribution in [3.63, 3.8) is 0 Å². The summed E-state index contributed by atoms with van der Waals surface area (Å²) in [6.07, 6.45) is 3.86. The van der Waals surface area contributed by atoms with E-state index >= 15 is 0 Å². The van der Waals surface area contributed by atoms with Crippen LogP contribution in [0.3, 0.4) is 0 Å². The summed E-state index contributed by atoms with van der Waals surface area (Å²) in [5.41, 5.74) is 5.65. The molecule has 0 saturated heterocycles. The van der Waals surface area contributed by atoms with Crippen molar-refractivity contribution in [1.82, 2.24) is 0 Å². The first kappa shape index (κ1) is 16.3. The van der Waals surface area contributed by atoms with Gasteiger partial charge in [0.15, 0.2) is 0 Å². The zero-order valence-corrected chi connectivity index (χ0v) is 15.0. The molecule has 2 nitrogen and oxygen atoms in total. The molecule has 1 aromatic heterocycles. The van der Waals surface area contributed by atoms with Crippen LogP contribution in [-0.4, -0.2) is 12.4 Å². The molecule has 0 radical (unpaired) electrons. The molecule has 0 aliphatic heterocycles. The summed E-state index contributed by atoms with van der Waals surface area (Å²) in [4.78, 5) is 11.5. The summed E-state index contributed by atoms with van der Waals surface area (Å²) >= 11 is 1.69. The lowest BCUT2D eigenvalue weighted by atomic mass is 10.1. The maximum absolute atomic E-state index is 4.66. The van der Waals surface area contributed by atoms with Crippen molar-refractivity contribution in [3.05, 3.63) is 81.0 Å². The van der Waals surface area contributed by atoms with Crippen LogP contribution in [0, 0.1) is 20.8 Å². The Labute approximate surface area is 147 Å². The zero-order chi connectivity index (χ0) is 16.9. The van der Waals surface area contributed by atoms with E-state index in [-0.39, 0.29) is 0 Å². The molecule has 3 aromatic rings. The number of benzene rings is 2. The van der Waals surface area contributed by atoms with Gasteiger partial charge in [-0.3, -0.25) is 9.98 Å². The summed E-state index contributed by atoms with van der Waals surface area (Å²) < 4.78 is 0. The van der Waals surface area contributed by atoms with Gasteiger partial charge >= 0.3 is 0 Å². The number of rotatable bonds is 4. The topological polar surface area (TPSA) is 24.7 Å². The van der Waals surface area contributed by atoms with E-state index < -0.39 is 0 Å². The molecule has 0 aliphatic carbocycles. The van der Waals surface area contributed by atoms with Crippen molar-refractivity contribution in [1.29, 1.82) is 0 Å². The van der Waals surface area contributed by atoms with E-state index in [2.05, 4.69) is 67.2 Å². The molecule has 0 saturated carbocycles.